The Morgan fingerprint density at radius 1 is 1.18 bits per heavy atom. The molecule has 0 unspecified atom stereocenters. The maximum absolute atomic E-state index is 13.4. The summed E-state index contributed by atoms with van der Waals surface area (Å²) in [7, 11) is 0. The van der Waals surface area contributed by atoms with Crippen molar-refractivity contribution >= 4 is 5.82 Å². The summed E-state index contributed by atoms with van der Waals surface area (Å²) in [6.07, 6.45) is 3.23. The molecule has 0 saturated carbocycles. The number of benzene rings is 1. The van der Waals surface area contributed by atoms with Crippen LogP contribution in [0.1, 0.15) is 12.5 Å². The number of aromatic nitrogens is 2. The van der Waals surface area contributed by atoms with Gasteiger partial charge in [0, 0.05) is 24.5 Å². The average Bonchev–Trinajstić information content (AvgIpc) is 2.29. The molecule has 0 aliphatic rings. The maximum Gasteiger partial charge on any atom is 0.152 e. The molecule has 1 aromatic carbocycles. The zero-order chi connectivity index (χ0) is 12.3. The number of anilines is 1. The highest BCUT2D eigenvalue weighted by Crippen LogP contribution is 2.25. The summed E-state index contributed by atoms with van der Waals surface area (Å²) in [5.74, 6) is 0.424. The Bertz CT molecular complexity index is 506. The monoisotopic (exact) mass is 231 g/mol. The Morgan fingerprint density at radius 3 is 2.65 bits per heavy atom. The molecule has 4 heteroatoms. The van der Waals surface area contributed by atoms with Crippen LogP contribution < -0.4 is 5.32 Å². The van der Waals surface area contributed by atoms with Gasteiger partial charge in [-0.1, -0.05) is 0 Å². The number of aryl methyl sites for hydroxylation is 1. The van der Waals surface area contributed by atoms with E-state index in [0.29, 0.717) is 11.5 Å². The molecule has 17 heavy (non-hydrogen) atoms. The molecule has 88 valence electrons. The number of nitrogens with one attached hydrogen (secondary N) is 1. The van der Waals surface area contributed by atoms with Gasteiger partial charge < -0.3 is 5.32 Å². The highest BCUT2D eigenvalue weighted by Gasteiger charge is 2.08. The Balaban J connectivity index is 2.51. The van der Waals surface area contributed by atoms with Gasteiger partial charge in [0.15, 0.2) is 5.82 Å². The van der Waals surface area contributed by atoms with Crippen molar-refractivity contribution in [2.75, 3.05) is 11.9 Å². The van der Waals surface area contributed by atoms with E-state index in [9.17, 15) is 4.39 Å². The molecule has 0 fully saturated rings. The van der Waals surface area contributed by atoms with E-state index < -0.39 is 0 Å². The molecule has 2 rings (SSSR count). The number of hydrogen-bond donors (Lipinski definition) is 1. The van der Waals surface area contributed by atoms with Gasteiger partial charge in [0.2, 0.25) is 0 Å². The quantitative estimate of drug-likeness (QED) is 0.882. The largest absolute Gasteiger partial charge is 0.369 e. The molecule has 1 N–H and O–H groups in total. The molecule has 0 saturated heterocycles. The third-order valence-corrected chi connectivity index (χ3v) is 2.36. The molecule has 3 nitrogen and oxygen atoms in total. The summed E-state index contributed by atoms with van der Waals surface area (Å²) < 4.78 is 13.4. The summed E-state index contributed by atoms with van der Waals surface area (Å²) in [6, 6.07) is 4.86. The first-order valence-electron chi connectivity index (χ1n) is 5.53. The average molecular weight is 231 g/mol. The van der Waals surface area contributed by atoms with Crippen LogP contribution in [-0.2, 0) is 0 Å². The summed E-state index contributed by atoms with van der Waals surface area (Å²) >= 11 is 0. The van der Waals surface area contributed by atoms with Gasteiger partial charge in [-0.25, -0.2) is 9.37 Å². The van der Waals surface area contributed by atoms with Crippen molar-refractivity contribution in [1.29, 1.82) is 0 Å². The second kappa shape index (κ2) is 4.91. The second-order valence-corrected chi connectivity index (χ2v) is 3.80. The number of nitrogens with zero attached hydrogens (tertiary/aromatic N) is 2. The van der Waals surface area contributed by atoms with Crippen molar-refractivity contribution in [3.8, 4) is 11.3 Å². The van der Waals surface area contributed by atoms with Gasteiger partial charge in [-0.3, -0.25) is 4.98 Å². The fraction of sp³-hybridized carbons (Fsp3) is 0.231. The van der Waals surface area contributed by atoms with E-state index in [1.807, 2.05) is 19.9 Å². The lowest BCUT2D eigenvalue weighted by atomic mass is 10.1. The van der Waals surface area contributed by atoms with Crippen LogP contribution in [0.3, 0.4) is 0 Å². The minimum absolute atomic E-state index is 0.256. The van der Waals surface area contributed by atoms with Gasteiger partial charge >= 0.3 is 0 Å². The molecule has 1 heterocycles. The summed E-state index contributed by atoms with van der Waals surface area (Å²) in [4.78, 5) is 8.47. The molecule has 0 aliphatic heterocycles. The van der Waals surface area contributed by atoms with Crippen LogP contribution in [0.25, 0.3) is 11.3 Å². The molecular weight excluding hydrogens is 217 g/mol. The molecule has 1 aromatic heterocycles. The van der Waals surface area contributed by atoms with Crippen LogP contribution in [-0.4, -0.2) is 16.5 Å². The maximum atomic E-state index is 13.4. The van der Waals surface area contributed by atoms with Crippen molar-refractivity contribution in [3.05, 3.63) is 42.0 Å². The Morgan fingerprint density at radius 2 is 1.94 bits per heavy atom. The second-order valence-electron chi connectivity index (χ2n) is 3.80. The number of halogens is 1. The minimum Gasteiger partial charge on any atom is -0.369 e. The van der Waals surface area contributed by atoms with Crippen molar-refractivity contribution in [2.24, 2.45) is 0 Å². The molecule has 0 radical (unpaired) electrons. The van der Waals surface area contributed by atoms with Crippen molar-refractivity contribution in [3.63, 3.8) is 0 Å². The lowest BCUT2D eigenvalue weighted by molar-refractivity contribution is 0.627. The first kappa shape index (κ1) is 11.5. The van der Waals surface area contributed by atoms with Crippen LogP contribution in [0.15, 0.2) is 30.6 Å². The van der Waals surface area contributed by atoms with E-state index in [4.69, 9.17) is 0 Å². The minimum atomic E-state index is -0.256. The van der Waals surface area contributed by atoms with E-state index in [2.05, 4.69) is 15.3 Å². The van der Waals surface area contributed by atoms with E-state index in [-0.39, 0.29) is 5.82 Å². The van der Waals surface area contributed by atoms with Crippen LogP contribution >= 0.6 is 0 Å². The standard InChI is InChI=1S/C13H14FN3/c1-3-15-13-12(16-4-5-17-13)10-6-9(2)7-11(14)8-10/h4-8H,3H2,1-2H3,(H,15,17). The van der Waals surface area contributed by atoms with Crippen LogP contribution in [0, 0.1) is 12.7 Å². The predicted octanol–water partition coefficient (Wildman–Crippen LogP) is 3.02. The molecule has 0 aliphatic carbocycles. The van der Waals surface area contributed by atoms with Crippen molar-refractivity contribution < 1.29 is 4.39 Å². The van der Waals surface area contributed by atoms with Gasteiger partial charge in [-0.05, 0) is 37.6 Å². The van der Waals surface area contributed by atoms with Gasteiger partial charge in [-0.2, -0.15) is 0 Å². The van der Waals surface area contributed by atoms with Gasteiger partial charge in [0.05, 0.1) is 0 Å². The molecular formula is C13H14FN3. The van der Waals surface area contributed by atoms with Gasteiger partial charge in [-0.15, -0.1) is 0 Å². The van der Waals surface area contributed by atoms with E-state index >= 15 is 0 Å². The predicted molar refractivity (Wildman–Crippen MR) is 66.3 cm³/mol. The normalized spacial score (nSPS) is 10.3. The van der Waals surface area contributed by atoms with E-state index in [1.165, 1.54) is 12.1 Å². The van der Waals surface area contributed by atoms with E-state index in [0.717, 1.165) is 17.7 Å². The fourth-order valence-corrected chi connectivity index (χ4v) is 1.72. The van der Waals surface area contributed by atoms with Crippen molar-refractivity contribution in [2.45, 2.75) is 13.8 Å². The third kappa shape index (κ3) is 2.58. The number of rotatable bonds is 3. The summed E-state index contributed by atoms with van der Waals surface area (Å²) in [5.41, 5.74) is 2.29. The topological polar surface area (TPSA) is 37.8 Å². The highest BCUT2D eigenvalue weighted by molar-refractivity contribution is 5.71. The smallest absolute Gasteiger partial charge is 0.152 e. The molecule has 0 amide bonds. The van der Waals surface area contributed by atoms with Crippen LogP contribution in [0.4, 0.5) is 10.2 Å². The van der Waals surface area contributed by atoms with Gasteiger partial charge in [0.1, 0.15) is 11.5 Å². The van der Waals surface area contributed by atoms with Gasteiger partial charge in [0.25, 0.3) is 0 Å². The SMILES string of the molecule is CCNc1nccnc1-c1cc(C)cc(F)c1. The Hall–Kier alpha value is -1.97. The fourth-order valence-electron chi connectivity index (χ4n) is 1.72. The molecule has 2 aromatic rings. The molecule has 0 atom stereocenters. The number of hydrogen-bond acceptors (Lipinski definition) is 3. The highest BCUT2D eigenvalue weighted by atomic mass is 19.1. The lowest BCUT2D eigenvalue weighted by Gasteiger charge is -2.09. The van der Waals surface area contributed by atoms with Crippen LogP contribution in [0.5, 0.6) is 0 Å². The Labute approximate surface area is 99.7 Å². The zero-order valence-electron chi connectivity index (χ0n) is 9.87. The molecule has 0 bridgehead atoms. The summed E-state index contributed by atoms with van der Waals surface area (Å²) in [5, 5.41) is 3.12. The summed E-state index contributed by atoms with van der Waals surface area (Å²) in [6.45, 7) is 4.59. The van der Waals surface area contributed by atoms with Crippen LogP contribution in [0.2, 0.25) is 0 Å². The van der Waals surface area contributed by atoms with E-state index in [1.54, 1.807) is 12.4 Å². The lowest BCUT2D eigenvalue weighted by Crippen LogP contribution is -2.02. The third-order valence-electron chi connectivity index (χ3n) is 2.36. The first-order valence-corrected chi connectivity index (χ1v) is 5.53. The molecule has 0 spiro atoms. The first-order chi connectivity index (χ1) is 8.20. The zero-order valence-corrected chi connectivity index (χ0v) is 9.87. The Kier molecular flexibility index (Phi) is 3.32. The van der Waals surface area contributed by atoms with Crippen molar-refractivity contribution in [1.82, 2.24) is 9.97 Å².